The summed E-state index contributed by atoms with van der Waals surface area (Å²) >= 11 is 5.12. The molecule has 2 aromatic carbocycles. The van der Waals surface area contributed by atoms with Crippen LogP contribution in [0.4, 0.5) is 5.69 Å². The number of thiocarbonyl (C=S) groups is 1. The molecule has 0 bridgehead atoms. The van der Waals surface area contributed by atoms with Crippen LogP contribution in [-0.4, -0.2) is 26.7 Å². The van der Waals surface area contributed by atoms with E-state index in [0.717, 1.165) is 0 Å². The van der Waals surface area contributed by atoms with E-state index in [1.54, 1.807) is 36.4 Å². The predicted molar refractivity (Wildman–Crippen MR) is 98.2 cm³/mol. The Kier molecular flexibility index (Phi) is 6.16. The Morgan fingerprint density at radius 2 is 1.79 bits per heavy atom. The maximum Gasteiger partial charge on any atom is 0.261 e. The highest BCUT2D eigenvalue weighted by Gasteiger charge is 2.16. The molecule has 5 nitrogen and oxygen atoms in total. The Hall–Kier alpha value is -2.12. The quantitative estimate of drug-likeness (QED) is 0.760. The van der Waals surface area contributed by atoms with E-state index in [1.807, 2.05) is 13.8 Å². The number of hydrogen-bond donors (Lipinski definition) is 1. The van der Waals surface area contributed by atoms with Crippen LogP contribution in [0.1, 0.15) is 19.4 Å². The maximum absolute atomic E-state index is 12.5. The highest BCUT2D eigenvalue weighted by molar-refractivity contribution is 7.92. The van der Waals surface area contributed by atoms with E-state index in [1.165, 1.54) is 12.1 Å². The molecule has 2 rings (SSSR count). The van der Waals surface area contributed by atoms with Crippen LogP contribution in [0.3, 0.4) is 0 Å². The Labute approximate surface area is 147 Å². The molecule has 0 aliphatic carbocycles. The lowest BCUT2D eigenvalue weighted by molar-refractivity contribution is 0.337. The van der Waals surface area contributed by atoms with Gasteiger partial charge in [-0.3, -0.25) is 4.72 Å². The van der Waals surface area contributed by atoms with Crippen molar-refractivity contribution in [3.63, 3.8) is 0 Å². The van der Waals surface area contributed by atoms with Gasteiger partial charge in [-0.1, -0.05) is 12.1 Å². The van der Waals surface area contributed by atoms with E-state index in [0.29, 0.717) is 30.2 Å². The van der Waals surface area contributed by atoms with Crippen molar-refractivity contribution >= 4 is 33.0 Å². The van der Waals surface area contributed by atoms with Crippen LogP contribution in [0, 0.1) is 0 Å². The standard InChI is InChI=1S/C17H19NO4S2/c1-3-21-15-10-8-14(9-11-15)18-24(19,20)16-7-5-6-13(12-16)17(23)22-4-2/h5-12,18H,3-4H2,1-2H3. The smallest absolute Gasteiger partial charge is 0.261 e. The number of nitrogens with one attached hydrogen (secondary N) is 1. The first kappa shape index (κ1) is 18.2. The molecule has 0 saturated heterocycles. The normalized spacial score (nSPS) is 10.9. The third kappa shape index (κ3) is 4.69. The average molecular weight is 365 g/mol. The Morgan fingerprint density at radius 3 is 2.42 bits per heavy atom. The highest BCUT2D eigenvalue weighted by Crippen LogP contribution is 2.20. The summed E-state index contributed by atoms with van der Waals surface area (Å²) in [6, 6.07) is 13.1. The minimum Gasteiger partial charge on any atom is -0.494 e. The molecule has 7 heteroatoms. The predicted octanol–water partition coefficient (Wildman–Crippen LogP) is 3.60. The topological polar surface area (TPSA) is 64.6 Å². The van der Waals surface area contributed by atoms with Gasteiger partial charge in [-0.15, -0.1) is 0 Å². The summed E-state index contributed by atoms with van der Waals surface area (Å²) in [6.07, 6.45) is 0. The van der Waals surface area contributed by atoms with Crippen LogP contribution < -0.4 is 9.46 Å². The first-order chi connectivity index (χ1) is 11.5. The van der Waals surface area contributed by atoms with Crippen LogP contribution in [0.2, 0.25) is 0 Å². The monoisotopic (exact) mass is 365 g/mol. The molecule has 24 heavy (non-hydrogen) atoms. The van der Waals surface area contributed by atoms with Gasteiger partial charge in [0.15, 0.2) is 5.05 Å². The molecule has 0 heterocycles. The molecule has 0 aliphatic rings. The molecule has 0 amide bonds. The van der Waals surface area contributed by atoms with E-state index < -0.39 is 10.0 Å². The van der Waals surface area contributed by atoms with Crippen molar-refractivity contribution in [1.82, 2.24) is 0 Å². The van der Waals surface area contributed by atoms with Crippen LogP contribution in [-0.2, 0) is 14.8 Å². The lowest BCUT2D eigenvalue weighted by Crippen LogP contribution is -2.14. The molecule has 128 valence electrons. The van der Waals surface area contributed by atoms with Crippen LogP contribution in [0.15, 0.2) is 53.4 Å². The molecule has 0 atom stereocenters. The van der Waals surface area contributed by atoms with Gasteiger partial charge < -0.3 is 9.47 Å². The van der Waals surface area contributed by atoms with Crippen molar-refractivity contribution in [3.05, 3.63) is 54.1 Å². The van der Waals surface area contributed by atoms with Gasteiger partial charge in [0.1, 0.15) is 5.75 Å². The molecule has 0 spiro atoms. The summed E-state index contributed by atoms with van der Waals surface area (Å²) in [7, 11) is -3.72. The second-order valence-electron chi connectivity index (χ2n) is 4.81. The summed E-state index contributed by atoms with van der Waals surface area (Å²) in [5.41, 5.74) is 1.01. The first-order valence-corrected chi connectivity index (χ1v) is 9.38. The fourth-order valence-electron chi connectivity index (χ4n) is 2.00. The van der Waals surface area contributed by atoms with Gasteiger partial charge in [-0.25, -0.2) is 8.42 Å². The van der Waals surface area contributed by atoms with E-state index in [4.69, 9.17) is 21.7 Å². The number of benzene rings is 2. The minimum atomic E-state index is -3.72. The van der Waals surface area contributed by atoms with E-state index in [-0.39, 0.29) is 9.95 Å². The zero-order chi connectivity index (χ0) is 17.6. The number of hydrogen-bond acceptors (Lipinski definition) is 5. The second-order valence-corrected chi connectivity index (χ2v) is 6.86. The molecular formula is C17H19NO4S2. The summed E-state index contributed by atoms with van der Waals surface area (Å²) in [5, 5.41) is 0.274. The molecule has 0 saturated carbocycles. The summed E-state index contributed by atoms with van der Waals surface area (Å²) in [4.78, 5) is 0.121. The van der Waals surface area contributed by atoms with Crippen molar-refractivity contribution in [2.24, 2.45) is 0 Å². The van der Waals surface area contributed by atoms with Crippen molar-refractivity contribution in [1.29, 1.82) is 0 Å². The third-order valence-corrected chi connectivity index (χ3v) is 4.81. The van der Waals surface area contributed by atoms with E-state index in [2.05, 4.69) is 4.72 Å². The zero-order valence-electron chi connectivity index (χ0n) is 13.5. The van der Waals surface area contributed by atoms with Crippen molar-refractivity contribution < 1.29 is 17.9 Å². The fraction of sp³-hybridized carbons (Fsp3) is 0.235. The maximum atomic E-state index is 12.5. The largest absolute Gasteiger partial charge is 0.494 e. The minimum absolute atomic E-state index is 0.121. The second kappa shape index (κ2) is 8.12. The number of sulfonamides is 1. The molecular weight excluding hydrogens is 346 g/mol. The molecule has 0 aliphatic heterocycles. The van der Waals surface area contributed by atoms with Crippen LogP contribution in [0.25, 0.3) is 0 Å². The van der Waals surface area contributed by atoms with Gasteiger partial charge in [-0.2, -0.15) is 0 Å². The van der Waals surface area contributed by atoms with Crippen LogP contribution in [0.5, 0.6) is 5.75 Å². The molecule has 0 unspecified atom stereocenters. The summed E-state index contributed by atoms with van der Waals surface area (Å²) < 4.78 is 38.2. The third-order valence-electron chi connectivity index (χ3n) is 3.07. The van der Waals surface area contributed by atoms with Gasteiger partial charge >= 0.3 is 0 Å². The number of ether oxygens (including phenoxy) is 2. The first-order valence-electron chi connectivity index (χ1n) is 7.49. The Bertz CT molecular complexity index is 802. The SMILES string of the molecule is CCOC(=S)c1cccc(S(=O)(=O)Nc2ccc(OCC)cc2)c1. The lowest BCUT2D eigenvalue weighted by atomic mass is 10.2. The van der Waals surface area contributed by atoms with E-state index in [9.17, 15) is 8.42 Å². The van der Waals surface area contributed by atoms with Crippen LogP contribution >= 0.6 is 12.2 Å². The summed E-state index contributed by atoms with van der Waals surface area (Å²) in [5.74, 6) is 0.685. The zero-order valence-corrected chi connectivity index (χ0v) is 15.1. The van der Waals surface area contributed by atoms with Gasteiger partial charge in [0, 0.05) is 11.3 Å². The highest BCUT2D eigenvalue weighted by atomic mass is 32.2. The average Bonchev–Trinajstić information content (AvgIpc) is 2.57. The molecule has 2 aromatic rings. The fourth-order valence-corrected chi connectivity index (χ4v) is 3.35. The number of rotatable bonds is 7. The molecule has 0 radical (unpaired) electrons. The molecule has 0 aromatic heterocycles. The Balaban J connectivity index is 2.20. The van der Waals surface area contributed by atoms with Crippen molar-refractivity contribution in [2.45, 2.75) is 18.7 Å². The molecule has 1 N–H and O–H groups in total. The Morgan fingerprint density at radius 1 is 1.08 bits per heavy atom. The van der Waals surface area contributed by atoms with Crippen molar-refractivity contribution in [2.75, 3.05) is 17.9 Å². The molecule has 0 fully saturated rings. The van der Waals surface area contributed by atoms with Gasteiger partial charge in [0.2, 0.25) is 0 Å². The van der Waals surface area contributed by atoms with E-state index >= 15 is 0 Å². The van der Waals surface area contributed by atoms with Gasteiger partial charge in [-0.05, 0) is 62.5 Å². The van der Waals surface area contributed by atoms with Gasteiger partial charge in [0.25, 0.3) is 10.0 Å². The lowest BCUT2D eigenvalue weighted by Gasteiger charge is -2.11. The number of anilines is 1. The van der Waals surface area contributed by atoms with Gasteiger partial charge in [0.05, 0.1) is 18.1 Å². The summed E-state index contributed by atoms with van der Waals surface area (Å²) in [6.45, 7) is 4.69. The van der Waals surface area contributed by atoms with Crippen molar-refractivity contribution in [3.8, 4) is 5.75 Å².